The predicted molar refractivity (Wildman–Crippen MR) is 117 cm³/mol. The average Bonchev–Trinajstić information content (AvgIpc) is 3.03. The van der Waals surface area contributed by atoms with Gasteiger partial charge in [0.05, 0.1) is 23.6 Å². The molecule has 1 N–H and O–H groups in total. The highest BCUT2D eigenvalue weighted by atomic mass is 35.5. The van der Waals surface area contributed by atoms with Gasteiger partial charge in [-0.15, -0.1) is 0 Å². The molecule has 0 saturated heterocycles. The number of halogens is 2. The molecule has 0 aliphatic carbocycles. The van der Waals surface area contributed by atoms with Gasteiger partial charge in [-0.25, -0.2) is 4.79 Å². The van der Waals surface area contributed by atoms with Gasteiger partial charge in [0.25, 0.3) is 5.91 Å². The third-order valence-electron chi connectivity index (χ3n) is 4.25. The van der Waals surface area contributed by atoms with E-state index in [2.05, 4.69) is 5.43 Å². The van der Waals surface area contributed by atoms with Crippen LogP contribution < -0.4 is 10.2 Å². The minimum Gasteiger partial charge on any atom is -0.484 e. The molecule has 0 radical (unpaired) electrons. The van der Waals surface area contributed by atoms with Crippen molar-refractivity contribution in [2.45, 2.75) is 13.8 Å². The summed E-state index contributed by atoms with van der Waals surface area (Å²) in [6.07, 6.45) is 0. The van der Waals surface area contributed by atoms with Gasteiger partial charge < -0.3 is 9.47 Å². The van der Waals surface area contributed by atoms with Crippen LogP contribution >= 0.6 is 23.2 Å². The molecule has 0 bridgehead atoms. The molecule has 0 atom stereocenters. The Morgan fingerprint density at radius 2 is 1.70 bits per heavy atom. The zero-order chi connectivity index (χ0) is 21.7. The van der Waals surface area contributed by atoms with E-state index in [4.69, 9.17) is 32.7 Å². The van der Waals surface area contributed by atoms with Crippen LogP contribution in [0.1, 0.15) is 23.0 Å². The second-order valence-corrected chi connectivity index (χ2v) is 7.25. The number of carbonyl (C=O) groups excluding carboxylic acids is 2. The predicted octanol–water partition coefficient (Wildman–Crippen LogP) is 5.10. The SMILES string of the molecule is CCOC(=O)c1cc(-c2ccccc2)n(NC(=O)COc2cc(Cl)cc(Cl)c2)c1C. The Morgan fingerprint density at radius 3 is 2.33 bits per heavy atom. The molecular formula is C22H20Cl2N2O4. The molecular weight excluding hydrogens is 427 g/mol. The smallest absolute Gasteiger partial charge is 0.340 e. The van der Waals surface area contributed by atoms with Gasteiger partial charge in [-0.05, 0) is 38.1 Å². The second-order valence-electron chi connectivity index (χ2n) is 6.38. The highest BCUT2D eigenvalue weighted by Gasteiger charge is 2.21. The molecule has 0 unspecified atom stereocenters. The minimum atomic E-state index is -0.454. The summed E-state index contributed by atoms with van der Waals surface area (Å²) in [5.74, 6) is -0.496. The molecule has 1 amide bonds. The van der Waals surface area contributed by atoms with Gasteiger partial charge in [0, 0.05) is 15.6 Å². The molecule has 8 heteroatoms. The Bertz CT molecular complexity index is 1040. The van der Waals surface area contributed by atoms with Crippen molar-refractivity contribution in [3.8, 4) is 17.0 Å². The Labute approximate surface area is 184 Å². The maximum absolute atomic E-state index is 12.6. The number of nitrogens with one attached hydrogen (secondary N) is 1. The molecule has 0 aliphatic rings. The number of carbonyl (C=O) groups is 2. The largest absolute Gasteiger partial charge is 0.484 e. The van der Waals surface area contributed by atoms with Crippen molar-refractivity contribution in [2.75, 3.05) is 18.6 Å². The lowest BCUT2D eigenvalue weighted by Crippen LogP contribution is -2.29. The number of hydrogen-bond donors (Lipinski definition) is 1. The van der Waals surface area contributed by atoms with Gasteiger partial charge >= 0.3 is 5.97 Å². The van der Waals surface area contributed by atoms with Crippen LogP contribution in [0, 0.1) is 6.92 Å². The summed E-state index contributed by atoms with van der Waals surface area (Å²) in [7, 11) is 0. The van der Waals surface area contributed by atoms with Crippen LogP contribution in [0.3, 0.4) is 0 Å². The number of aromatic nitrogens is 1. The summed E-state index contributed by atoms with van der Waals surface area (Å²) in [5, 5.41) is 0.814. The molecule has 0 fully saturated rings. The standard InChI is InChI=1S/C22H20Cl2N2O4/c1-3-29-22(28)19-12-20(15-7-5-4-6-8-15)26(14(19)2)25-21(27)13-30-18-10-16(23)9-17(24)11-18/h4-12H,3,13H2,1-2H3,(H,25,27). The highest BCUT2D eigenvalue weighted by molar-refractivity contribution is 6.34. The average molecular weight is 447 g/mol. The molecule has 1 aromatic heterocycles. The first-order valence-electron chi connectivity index (χ1n) is 9.22. The second kappa shape index (κ2) is 9.69. The number of nitrogens with zero attached hydrogens (tertiary/aromatic N) is 1. The fourth-order valence-electron chi connectivity index (χ4n) is 2.91. The highest BCUT2D eigenvalue weighted by Crippen LogP contribution is 2.26. The summed E-state index contributed by atoms with van der Waals surface area (Å²) in [6.45, 7) is 3.46. The fraction of sp³-hybridized carbons (Fsp3) is 0.182. The third-order valence-corrected chi connectivity index (χ3v) is 4.69. The van der Waals surface area contributed by atoms with Gasteiger partial charge in [-0.3, -0.25) is 14.9 Å². The van der Waals surface area contributed by atoms with E-state index in [0.717, 1.165) is 5.56 Å². The van der Waals surface area contributed by atoms with E-state index in [1.807, 2.05) is 30.3 Å². The molecule has 30 heavy (non-hydrogen) atoms. The summed E-state index contributed by atoms with van der Waals surface area (Å²) in [5.41, 5.74) is 5.18. The molecule has 6 nitrogen and oxygen atoms in total. The van der Waals surface area contributed by atoms with Crippen molar-refractivity contribution >= 4 is 35.1 Å². The first-order chi connectivity index (χ1) is 14.4. The number of ether oxygens (including phenoxy) is 2. The Morgan fingerprint density at radius 1 is 1.03 bits per heavy atom. The fourth-order valence-corrected chi connectivity index (χ4v) is 3.41. The normalized spacial score (nSPS) is 10.5. The lowest BCUT2D eigenvalue weighted by atomic mass is 10.1. The zero-order valence-electron chi connectivity index (χ0n) is 16.4. The molecule has 3 aromatic rings. The van der Waals surface area contributed by atoms with Crippen LogP contribution in [0.5, 0.6) is 5.75 Å². The van der Waals surface area contributed by atoms with E-state index in [0.29, 0.717) is 32.7 Å². The van der Waals surface area contributed by atoms with Gasteiger partial charge in [-0.1, -0.05) is 53.5 Å². The van der Waals surface area contributed by atoms with E-state index >= 15 is 0 Å². The Balaban J connectivity index is 1.84. The van der Waals surface area contributed by atoms with Crippen LogP contribution in [0.4, 0.5) is 0 Å². The summed E-state index contributed by atoms with van der Waals surface area (Å²) < 4.78 is 12.2. The summed E-state index contributed by atoms with van der Waals surface area (Å²) in [6, 6.07) is 15.8. The molecule has 156 valence electrons. The lowest BCUT2D eigenvalue weighted by molar-refractivity contribution is -0.119. The number of hydrogen-bond acceptors (Lipinski definition) is 4. The van der Waals surface area contributed by atoms with Crippen LogP contribution in [-0.2, 0) is 9.53 Å². The Kier molecular flexibility index (Phi) is 7.03. The maximum atomic E-state index is 12.6. The van der Waals surface area contributed by atoms with Crippen molar-refractivity contribution in [1.29, 1.82) is 0 Å². The van der Waals surface area contributed by atoms with E-state index in [1.54, 1.807) is 42.8 Å². The zero-order valence-corrected chi connectivity index (χ0v) is 18.0. The topological polar surface area (TPSA) is 69.6 Å². The van der Waals surface area contributed by atoms with E-state index < -0.39 is 11.9 Å². The summed E-state index contributed by atoms with van der Waals surface area (Å²) >= 11 is 11.9. The molecule has 0 spiro atoms. The van der Waals surface area contributed by atoms with Gasteiger partial charge in [0.1, 0.15) is 5.75 Å². The van der Waals surface area contributed by atoms with Gasteiger partial charge in [-0.2, -0.15) is 0 Å². The molecule has 1 heterocycles. The first kappa shape index (κ1) is 21.7. The van der Waals surface area contributed by atoms with Crippen molar-refractivity contribution in [3.63, 3.8) is 0 Å². The number of esters is 1. The van der Waals surface area contributed by atoms with E-state index in [9.17, 15) is 9.59 Å². The van der Waals surface area contributed by atoms with Crippen molar-refractivity contribution < 1.29 is 19.1 Å². The Hall–Kier alpha value is -2.96. The van der Waals surface area contributed by atoms with Crippen molar-refractivity contribution in [1.82, 2.24) is 4.68 Å². The van der Waals surface area contributed by atoms with Crippen LogP contribution in [0.25, 0.3) is 11.3 Å². The summed E-state index contributed by atoms with van der Waals surface area (Å²) in [4.78, 5) is 24.9. The third kappa shape index (κ3) is 5.14. The molecule has 3 rings (SSSR count). The molecule has 0 saturated carbocycles. The lowest BCUT2D eigenvalue weighted by Gasteiger charge is -2.14. The monoisotopic (exact) mass is 446 g/mol. The first-order valence-corrected chi connectivity index (χ1v) is 9.98. The van der Waals surface area contributed by atoms with E-state index in [1.165, 1.54) is 0 Å². The van der Waals surface area contributed by atoms with Gasteiger partial charge in [0.2, 0.25) is 0 Å². The maximum Gasteiger partial charge on any atom is 0.340 e. The van der Waals surface area contributed by atoms with Crippen LogP contribution in [0.15, 0.2) is 54.6 Å². The van der Waals surface area contributed by atoms with Crippen molar-refractivity contribution in [2.24, 2.45) is 0 Å². The van der Waals surface area contributed by atoms with Crippen LogP contribution in [-0.4, -0.2) is 29.8 Å². The molecule has 0 aliphatic heterocycles. The number of amides is 1. The molecule has 2 aromatic carbocycles. The quantitative estimate of drug-likeness (QED) is 0.512. The minimum absolute atomic E-state index is 0.256. The number of benzene rings is 2. The van der Waals surface area contributed by atoms with E-state index in [-0.39, 0.29) is 13.2 Å². The van der Waals surface area contributed by atoms with Gasteiger partial charge in [0.15, 0.2) is 6.61 Å². The number of rotatable bonds is 7. The van der Waals surface area contributed by atoms with Crippen molar-refractivity contribution in [3.05, 3.63) is 75.9 Å². The van der Waals surface area contributed by atoms with Crippen LogP contribution in [0.2, 0.25) is 10.0 Å².